The van der Waals surface area contributed by atoms with Crippen LogP contribution in [0.25, 0.3) is 11.0 Å². The number of aromatic nitrogens is 2. The third-order valence-electron chi connectivity index (χ3n) is 4.41. The summed E-state index contributed by atoms with van der Waals surface area (Å²) in [7, 11) is 3.24. The molecule has 0 bridgehead atoms. The largest absolute Gasteiger partial charge is 0.382 e. The molecule has 0 aliphatic rings. The number of fused-ring (bicyclic) bond motifs is 1. The predicted octanol–water partition coefficient (Wildman–Crippen LogP) is 4.05. The molecule has 0 unspecified atom stereocenters. The van der Waals surface area contributed by atoms with Crippen LogP contribution in [0.15, 0.2) is 35.1 Å². The Morgan fingerprint density at radius 1 is 1.25 bits per heavy atom. The quantitative estimate of drug-likeness (QED) is 0.382. The maximum atomic E-state index is 15.2. The van der Waals surface area contributed by atoms with Gasteiger partial charge in [-0.05, 0) is 23.8 Å². The summed E-state index contributed by atoms with van der Waals surface area (Å²) < 4.78 is 41.9. The maximum absolute atomic E-state index is 15.2. The molecule has 0 fully saturated rings. The zero-order valence-electron chi connectivity index (χ0n) is 15.5. The van der Waals surface area contributed by atoms with Crippen molar-refractivity contribution >= 4 is 32.7 Å². The van der Waals surface area contributed by atoms with Crippen LogP contribution in [0.2, 0.25) is 0 Å². The fourth-order valence-electron chi connectivity index (χ4n) is 2.93. The molecule has 28 heavy (non-hydrogen) atoms. The van der Waals surface area contributed by atoms with E-state index < -0.39 is 11.6 Å². The number of rotatable bonds is 8. The van der Waals surface area contributed by atoms with E-state index in [9.17, 15) is 9.18 Å². The minimum Gasteiger partial charge on any atom is -0.382 e. The molecule has 3 rings (SSSR count). The first-order chi connectivity index (χ1) is 13.4. The highest BCUT2D eigenvalue weighted by Crippen LogP contribution is 2.28. The van der Waals surface area contributed by atoms with Crippen LogP contribution in [0.1, 0.15) is 21.5 Å². The summed E-state index contributed by atoms with van der Waals surface area (Å²) in [6.07, 6.45) is 1.40. The van der Waals surface area contributed by atoms with Crippen molar-refractivity contribution in [1.29, 1.82) is 0 Å². The van der Waals surface area contributed by atoms with Crippen LogP contribution in [-0.4, -0.2) is 42.3 Å². The molecular weight excluding hydrogens is 434 g/mol. The van der Waals surface area contributed by atoms with Crippen LogP contribution in [-0.2, 0) is 22.9 Å². The molecule has 0 saturated carbocycles. The van der Waals surface area contributed by atoms with Crippen LogP contribution >= 0.6 is 15.9 Å². The number of halogens is 3. The van der Waals surface area contributed by atoms with Gasteiger partial charge in [0.25, 0.3) is 0 Å². The zero-order chi connectivity index (χ0) is 20.3. The van der Waals surface area contributed by atoms with Crippen molar-refractivity contribution in [3.05, 3.63) is 63.4 Å². The van der Waals surface area contributed by atoms with Gasteiger partial charge in [-0.25, -0.2) is 13.8 Å². The van der Waals surface area contributed by atoms with Crippen molar-refractivity contribution in [1.82, 2.24) is 9.55 Å². The monoisotopic (exact) mass is 452 g/mol. The van der Waals surface area contributed by atoms with E-state index in [0.717, 1.165) is 0 Å². The molecule has 148 valence electrons. The highest BCUT2D eigenvalue weighted by Gasteiger charge is 2.22. The highest BCUT2D eigenvalue weighted by atomic mass is 79.9. The summed E-state index contributed by atoms with van der Waals surface area (Å²) in [6, 6.07) is 6.12. The van der Waals surface area contributed by atoms with E-state index in [1.54, 1.807) is 29.8 Å². The molecule has 5 nitrogen and oxygen atoms in total. The average Bonchev–Trinajstić information content (AvgIpc) is 3.03. The van der Waals surface area contributed by atoms with Gasteiger partial charge >= 0.3 is 0 Å². The molecule has 0 amide bonds. The average molecular weight is 453 g/mol. The molecule has 0 radical (unpaired) electrons. The lowest BCUT2D eigenvalue weighted by Crippen LogP contribution is -2.15. The van der Waals surface area contributed by atoms with Crippen LogP contribution in [0, 0.1) is 11.6 Å². The lowest BCUT2D eigenvalue weighted by Gasteiger charge is -2.13. The summed E-state index contributed by atoms with van der Waals surface area (Å²) in [4.78, 5) is 16.8. The predicted molar refractivity (Wildman–Crippen MR) is 105 cm³/mol. The molecule has 0 N–H and O–H groups in total. The molecule has 8 heteroatoms. The molecule has 0 aliphatic carbocycles. The first kappa shape index (κ1) is 20.6. The van der Waals surface area contributed by atoms with Crippen molar-refractivity contribution in [2.24, 2.45) is 7.05 Å². The van der Waals surface area contributed by atoms with E-state index in [1.165, 1.54) is 19.5 Å². The number of hydrogen-bond donors (Lipinski definition) is 0. The van der Waals surface area contributed by atoms with Gasteiger partial charge in [0.1, 0.15) is 17.9 Å². The second kappa shape index (κ2) is 8.89. The Kier molecular flexibility index (Phi) is 6.53. The van der Waals surface area contributed by atoms with Crippen molar-refractivity contribution in [3.8, 4) is 0 Å². The Morgan fingerprint density at radius 2 is 2.04 bits per heavy atom. The Bertz CT molecular complexity index is 1020. The molecule has 0 atom stereocenters. The lowest BCUT2D eigenvalue weighted by atomic mass is 9.95. The maximum Gasteiger partial charge on any atom is 0.188 e. The standard InChI is InChI=1S/C20H19BrF2N2O3/c1-25-11-24-20-17(25)9-14(18(26)10-28-6-5-27-2)15(19(20)23)7-12-3-4-13(21)8-16(12)22/h3-4,8-9,11H,5-7,10H2,1-2H3. The number of Topliss-reactive ketones (excluding diaryl/α,β-unsaturated/α-hetero) is 1. The van der Waals surface area contributed by atoms with Crippen LogP contribution in [0.3, 0.4) is 0 Å². The van der Waals surface area contributed by atoms with E-state index in [2.05, 4.69) is 20.9 Å². The van der Waals surface area contributed by atoms with Crippen LogP contribution in [0.5, 0.6) is 0 Å². The number of ketones is 1. The van der Waals surface area contributed by atoms with Crippen molar-refractivity contribution in [2.75, 3.05) is 26.9 Å². The smallest absolute Gasteiger partial charge is 0.188 e. The minimum absolute atomic E-state index is 0.0728. The summed E-state index contributed by atoms with van der Waals surface area (Å²) in [5.41, 5.74) is 1.18. The van der Waals surface area contributed by atoms with Gasteiger partial charge in [0.05, 0.1) is 25.1 Å². The summed E-state index contributed by atoms with van der Waals surface area (Å²) in [5.74, 6) is -1.49. The van der Waals surface area contributed by atoms with Crippen molar-refractivity contribution in [3.63, 3.8) is 0 Å². The van der Waals surface area contributed by atoms with E-state index >= 15 is 4.39 Å². The van der Waals surface area contributed by atoms with Gasteiger partial charge in [-0.3, -0.25) is 4.79 Å². The van der Waals surface area contributed by atoms with E-state index in [0.29, 0.717) is 16.6 Å². The second-order valence-electron chi connectivity index (χ2n) is 6.32. The Labute approximate surface area is 169 Å². The third-order valence-corrected chi connectivity index (χ3v) is 4.90. The minimum atomic E-state index is -0.624. The number of carbonyl (C=O) groups excluding carboxylic acids is 1. The number of imidazole rings is 1. The summed E-state index contributed by atoms with van der Waals surface area (Å²) in [5, 5.41) is 0. The van der Waals surface area contributed by atoms with E-state index in [1.807, 2.05) is 0 Å². The van der Waals surface area contributed by atoms with Crippen LogP contribution < -0.4 is 0 Å². The van der Waals surface area contributed by atoms with Crippen LogP contribution in [0.4, 0.5) is 8.78 Å². The fraction of sp³-hybridized carbons (Fsp3) is 0.300. The number of aryl methyl sites for hydroxylation is 1. The second-order valence-corrected chi connectivity index (χ2v) is 7.24. The van der Waals surface area contributed by atoms with Gasteiger partial charge in [-0.15, -0.1) is 0 Å². The fourth-order valence-corrected chi connectivity index (χ4v) is 3.26. The highest BCUT2D eigenvalue weighted by molar-refractivity contribution is 9.10. The molecular formula is C20H19BrF2N2O3. The lowest BCUT2D eigenvalue weighted by molar-refractivity contribution is 0.0576. The van der Waals surface area contributed by atoms with Gasteiger partial charge in [-0.1, -0.05) is 22.0 Å². The van der Waals surface area contributed by atoms with Gasteiger partial charge in [-0.2, -0.15) is 0 Å². The zero-order valence-corrected chi connectivity index (χ0v) is 17.1. The molecule has 1 heterocycles. The summed E-state index contributed by atoms with van der Waals surface area (Å²) >= 11 is 3.20. The molecule has 0 saturated heterocycles. The molecule has 3 aromatic rings. The number of methoxy groups -OCH3 is 1. The van der Waals surface area contributed by atoms with Gasteiger partial charge < -0.3 is 14.0 Å². The van der Waals surface area contributed by atoms with E-state index in [4.69, 9.17) is 9.47 Å². The topological polar surface area (TPSA) is 53.4 Å². The van der Waals surface area contributed by atoms with E-state index in [-0.39, 0.29) is 47.6 Å². The Hall–Kier alpha value is -2.16. The van der Waals surface area contributed by atoms with Gasteiger partial charge in [0.15, 0.2) is 11.6 Å². The Morgan fingerprint density at radius 3 is 2.75 bits per heavy atom. The molecule has 2 aromatic carbocycles. The number of hydrogen-bond acceptors (Lipinski definition) is 4. The first-order valence-corrected chi connectivity index (χ1v) is 9.38. The normalized spacial score (nSPS) is 11.3. The van der Waals surface area contributed by atoms with Gasteiger partial charge in [0, 0.05) is 36.2 Å². The summed E-state index contributed by atoms with van der Waals surface area (Å²) in [6.45, 7) is 0.372. The SMILES string of the molecule is COCCOCC(=O)c1cc2c(ncn2C)c(F)c1Cc1ccc(Br)cc1F. The van der Waals surface area contributed by atoms with Crippen molar-refractivity contribution < 1.29 is 23.0 Å². The van der Waals surface area contributed by atoms with Gasteiger partial charge in [0.2, 0.25) is 0 Å². The Balaban J connectivity index is 2.03. The number of nitrogens with zero attached hydrogens (tertiary/aromatic N) is 2. The molecule has 0 spiro atoms. The molecule has 1 aromatic heterocycles. The molecule has 0 aliphatic heterocycles. The number of benzene rings is 2. The third kappa shape index (κ3) is 4.29. The number of ether oxygens (including phenoxy) is 2. The van der Waals surface area contributed by atoms with Crippen molar-refractivity contribution in [2.45, 2.75) is 6.42 Å². The first-order valence-electron chi connectivity index (χ1n) is 8.58. The number of carbonyl (C=O) groups is 1.